The zero-order valence-electron chi connectivity index (χ0n) is 8.77. The Labute approximate surface area is 98.9 Å². The van der Waals surface area contributed by atoms with Gasteiger partial charge >= 0.3 is 0 Å². The van der Waals surface area contributed by atoms with E-state index in [2.05, 4.69) is 4.98 Å². The minimum Gasteiger partial charge on any atom is -0.298 e. The third-order valence-electron chi connectivity index (χ3n) is 2.48. The number of rotatable bonds is 2. The number of benzene rings is 1. The molecule has 2 rings (SSSR count). The molecule has 0 aliphatic rings. The van der Waals surface area contributed by atoms with Gasteiger partial charge in [-0.2, -0.15) is 0 Å². The number of nitrogens with zero attached hydrogens (tertiary/aromatic N) is 1. The number of aromatic nitrogens is 1. The van der Waals surface area contributed by atoms with Gasteiger partial charge in [0.05, 0.1) is 5.02 Å². The first-order valence-corrected chi connectivity index (χ1v) is 5.26. The molecule has 0 spiro atoms. The Morgan fingerprint density at radius 2 is 2.06 bits per heavy atom. The van der Waals surface area contributed by atoms with E-state index in [9.17, 15) is 4.79 Å². The molecule has 0 saturated heterocycles. The van der Waals surface area contributed by atoms with Gasteiger partial charge in [-0.05, 0) is 18.6 Å². The zero-order valence-corrected chi connectivity index (χ0v) is 9.53. The number of aryl methyl sites for hydroxylation is 1. The highest BCUT2D eigenvalue weighted by Crippen LogP contribution is 2.31. The van der Waals surface area contributed by atoms with E-state index in [-0.39, 0.29) is 0 Å². The summed E-state index contributed by atoms with van der Waals surface area (Å²) in [5.74, 6) is 0. The van der Waals surface area contributed by atoms with Crippen molar-refractivity contribution in [3.63, 3.8) is 0 Å². The summed E-state index contributed by atoms with van der Waals surface area (Å²) in [6.07, 6.45) is 4.25. The Morgan fingerprint density at radius 3 is 2.75 bits per heavy atom. The first kappa shape index (κ1) is 10.8. The minimum absolute atomic E-state index is 0.480. The van der Waals surface area contributed by atoms with E-state index in [1.54, 1.807) is 18.5 Å². The van der Waals surface area contributed by atoms with Crippen LogP contribution in [0.1, 0.15) is 15.9 Å². The lowest BCUT2D eigenvalue weighted by Gasteiger charge is -2.08. The van der Waals surface area contributed by atoms with Crippen molar-refractivity contribution in [1.82, 2.24) is 4.98 Å². The molecular weight excluding hydrogens is 222 g/mol. The maximum absolute atomic E-state index is 10.8. The van der Waals surface area contributed by atoms with Gasteiger partial charge < -0.3 is 0 Å². The number of aldehydes is 1. The van der Waals surface area contributed by atoms with Crippen LogP contribution >= 0.6 is 11.6 Å². The van der Waals surface area contributed by atoms with Crippen molar-refractivity contribution in [1.29, 1.82) is 0 Å². The lowest BCUT2D eigenvalue weighted by molar-refractivity contribution is 0.112. The molecule has 0 saturated carbocycles. The number of carbonyl (C=O) groups is 1. The van der Waals surface area contributed by atoms with Crippen LogP contribution in [0.3, 0.4) is 0 Å². The van der Waals surface area contributed by atoms with E-state index in [4.69, 9.17) is 11.6 Å². The smallest absolute Gasteiger partial charge is 0.151 e. The lowest BCUT2D eigenvalue weighted by Crippen LogP contribution is -1.89. The van der Waals surface area contributed by atoms with Crippen molar-refractivity contribution < 1.29 is 4.79 Å². The molecule has 0 aliphatic heterocycles. The van der Waals surface area contributed by atoms with Crippen LogP contribution in [0.5, 0.6) is 0 Å². The molecule has 2 aromatic rings. The maximum atomic E-state index is 10.8. The van der Waals surface area contributed by atoms with Crippen LogP contribution in [-0.2, 0) is 0 Å². The zero-order chi connectivity index (χ0) is 11.5. The monoisotopic (exact) mass is 231 g/mol. The fourth-order valence-electron chi connectivity index (χ4n) is 1.59. The van der Waals surface area contributed by atoms with Gasteiger partial charge in [-0.3, -0.25) is 9.78 Å². The van der Waals surface area contributed by atoms with E-state index in [0.717, 1.165) is 23.0 Å². The number of hydrogen-bond acceptors (Lipinski definition) is 2. The molecule has 0 atom stereocenters. The summed E-state index contributed by atoms with van der Waals surface area (Å²) >= 11 is 6.16. The molecule has 3 heteroatoms. The van der Waals surface area contributed by atoms with Crippen LogP contribution in [0.25, 0.3) is 11.1 Å². The quantitative estimate of drug-likeness (QED) is 0.741. The van der Waals surface area contributed by atoms with Gasteiger partial charge in [0.15, 0.2) is 6.29 Å². The summed E-state index contributed by atoms with van der Waals surface area (Å²) in [6, 6.07) is 7.32. The predicted octanol–water partition coefficient (Wildman–Crippen LogP) is 3.52. The Bertz CT molecular complexity index is 537. The summed E-state index contributed by atoms with van der Waals surface area (Å²) in [5.41, 5.74) is 3.38. The number of hydrogen-bond donors (Lipinski definition) is 0. The minimum atomic E-state index is 0.480. The molecule has 1 aromatic heterocycles. The Kier molecular flexibility index (Phi) is 3.02. The Balaban J connectivity index is 2.65. The highest BCUT2D eigenvalue weighted by Gasteiger charge is 2.09. The van der Waals surface area contributed by atoms with Crippen LogP contribution in [-0.4, -0.2) is 11.3 Å². The van der Waals surface area contributed by atoms with Crippen molar-refractivity contribution in [3.05, 3.63) is 52.8 Å². The van der Waals surface area contributed by atoms with Crippen molar-refractivity contribution >= 4 is 17.9 Å². The molecule has 0 unspecified atom stereocenters. The van der Waals surface area contributed by atoms with E-state index in [1.807, 2.05) is 25.1 Å². The van der Waals surface area contributed by atoms with Crippen LogP contribution < -0.4 is 0 Å². The average Bonchev–Trinajstić information content (AvgIpc) is 2.31. The highest BCUT2D eigenvalue weighted by atomic mass is 35.5. The topological polar surface area (TPSA) is 30.0 Å². The van der Waals surface area contributed by atoms with Crippen LogP contribution in [0.15, 0.2) is 36.7 Å². The van der Waals surface area contributed by atoms with Crippen LogP contribution in [0, 0.1) is 6.92 Å². The molecule has 0 amide bonds. The number of pyridine rings is 1. The first-order chi connectivity index (χ1) is 7.74. The molecule has 80 valence electrons. The molecule has 16 heavy (non-hydrogen) atoms. The van der Waals surface area contributed by atoms with Gasteiger partial charge in [0.1, 0.15) is 0 Å². The second kappa shape index (κ2) is 4.45. The SMILES string of the molecule is Cc1ccncc1-c1cccc(C=O)c1Cl. The van der Waals surface area contributed by atoms with E-state index >= 15 is 0 Å². The average molecular weight is 232 g/mol. The van der Waals surface area contributed by atoms with E-state index < -0.39 is 0 Å². The van der Waals surface area contributed by atoms with Crippen molar-refractivity contribution in [2.45, 2.75) is 6.92 Å². The van der Waals surface area contributed by atoms with E-state index in [0.29, 0.717) is 10.6 Å². The number of halogens is 1. The van der Waals surface area contributed by atoms with Crippen LogP contribution in [0.2, 0.25) is 5.02 Å². The number of carbonyl (C=O) groups excluding carboxylic acids is 1. The second-order valence-electron chi connectivity index (χ2n) is 3.52. The summed E-state index contributed by atoms with van der Waals surface area (Å²) in [7, 11) is 0. The molecular formula is C13H10ClNO. The Morgan fingerprint density at radius 1 is 1.25 bits per heavy atom. The second-order valence-corrected chi connectivity index (χ2v) is 3.90. The van der Waals surface area contributed by atoms with Gasteiger partial charge in [0.2, 0.25) is 0 Å². The largest absolute Gasteiger partial charge is 0.298 e. The summed E-state index contributed by atoms with van der Waals surface area (Å²) in [5, 5.41) is 0.480. The standard InChI is InChI=1S/C13H10ClNO/c1-9-5-6-15-7-12(9)11-4-2-3-10(8-16)13(11)14/h2-8H,1H3. The van der Waals surface area contributed by atoms with Gasteiger partial charge in [0, 0.05) is 29.1 Å². The lowest BCUT2D eigenvalue weighted by atomic mass is 10.0. The highest BCUT2D eigenvalue weighted by molar-refractivity contribution is 6.35. The van der Waals surface area contributed by atoms with Crippen molar-refractivity contribution in [2.24, 2.45) is 0 Å². The molecule has 0 N–H and O–H groups in total. The summed E-state index contributed by atoms with van der Waals surface area (Å²) in [4.78, 5) is 14.9. The van der Waals surface area contributed by atoms with E-state index in [1.165, 1.54) is 0 Å². The fraction of sp³-hybridized carbons (Fsp3) is 0.0769. The fourth-order valence-corrected chi connectivity index (χ4v) is 1.87. The molecule has 0 fully saturated rings. The molecule has 0 aliphatic carbocycles. The van der Waals surface area contributed by atoms with Crippen LogP contribution in [0.4, 0.5) is 0 Å². The van der Waals surface area contributed by atoms with Crippen molar-refractivity contribution in [2.75, 3.05) is 0 Å². The third-order valence-corrected chi connectivity index (χ3v) is 2.91. The first-order valence-electron chi connectivity index (χ1n) is 4.88. The summed E-state index contributed by atoms with van der Waals surface area (Å²) in [6.45, 7) is 1.99. The van der Waals surface area contributed by atoms with Gasteiger partial charge in [0.25, 0.3) is 0 Å². The predicted molar refractivity (Wildman–Crippen MR) is 64.8 cm³/mol. The van der Waals surface area contributed by atoms with Gasteiger partial charge in [-0.15, -0.1) is 0 Å². The molecule has 2 nitrogen and oxygen atoms in total. The molecule has 0 bridgehead atoms. The third kappa shape index (κ3) is 1.84. The van der Waals surface area contributed by atoms with Gasteiger partial charge in [-0.1, -0.05) is 29.8 Å². The normalized spacial score (nSPS) is 10.1. The molecule has 1 heterocycles. The molecule has 1 aromatic carbocycles. The maximum Gasteiger partial charge on any atom is 0.151 e. The summed E-state index contributed by atoms with van der Waals surface area (Å²) < 4.78 is 0. The van der Waals surface area contributed by atoms with Crippen molar-refractivity contribution in [3.8, 4) is 11.1 Å². The Hall–Kier alpha value is -1.67. The molecule has 0 radical (unpaired) electrons. The van der Waals surface area contributed by atoms with Gasteiger partial charge in [-0.25, -0.2) is 0 Å².